The highest BCUT2D eigenvalue weighted by Crippen LogP contribution is 2.37. The molecule has 1 saturated carbocycles. The summed E-state index contributed by atoms with van der Waals surface area (Å²) in [4.78, 5) is 41.0. The monoisotopic (exact) mass is 711 g/mol. The number of nitrogens with zero attached hydrogens (tertiary/aromatic N) is 5. The lowest BCUT2D eigenvalue weighted by Gasteiger charge is -2.23. The smallest absolute Gasteiger partial charge is 0.296 e. The number of hydrogen-bond acceptors (Lipinski definition) is 8. The molecular weight excluding hydrogens is 670 g/mol. The van der Waals surface area contributed by atoms with Gasteiger partial charge < -0.3 is 0 Å². The van der Waals surface area contributed by atoms with Gasteiger partial charge in [-0.1, -0.05) is 134 Å². The van der Waals surface area contributed by atoms with Crippen molar-refractivity contribution in [3.63, 3.8) is 0 Å². The number of unbranched alkanes of at least 4 members (excludes halogenated alkanes) is 1. The molecule has 1 fully saturated rings. The van der Waals surface area contributed by atoms with E-state index in [0.29, 0.717) is 24.1 Å². The van der Waals surface area contributed by atoms with Gasteiger partial charge in [0.15, 0.2) is 11.6 Å². The molecular formula is C41H41N7O5. The van der Waals surface area contributed by atoms with Crippen LogP contribution in [-0.2, 0) is 13.0 Å². The molecule has 0 unspecified atom stereocenters. The highest BCUT2D eigenvalue weighted by Gasteiger charge is 2.20. The van der Waals surface area contributed by atoms with Gasteiger partial charge in [0.05, 0.1) is 12.2 Å². The standard InChI is InChI=1S/C27H25N5O3.C14H16N2O2/c1-2-3-13-24-29-32(21-9-5-4-6-10-21)27(34)31(24)18-19-14-16-20(17-15-19)22-11-7-8-12-23(22)25-28-26(33)35-30-25;17-14-15-13(16-18-14)12-9-5-4-8-11(12)10-6-2-1-3-7-10/h4-12,14-17H,2-3,13,18H2,1H3,(H,28,30,33);4-5,8-10H,1-3,6-7H2,(H,15,16,17). The molecule has 7 aromatic rings. The van der Waals surface area contributed by atoms with Crippen LogP contribution < -0.4 is 17.2 Å². The number of rotatable bonds is 10. The molecule has 12 heteroatoms. The lowest BCUT2D eigenvalue weighted by Crippen LogP contribution is -2.25. The van der Waals surface area contributed by atoms with Gasteiger partial charge in [0.2, 0.25) is 0 Å². The van der Waals surface area contributed by atoms with Gasteiger partial charge in [-0.05, 0) is 59.6 Å². The molecule has 8 rings (SSSR count). The predicted octanol–water partition coefficient (Wildman–Crippen LogP) is 7.51. The first-order valence-corrected chi connectivity index (χ1v) is 18.1. The lowest BCUT2D eigenvalue weighted by molar-refractivity contribution is 0.387. The Balaban J connectivity index is 0.000000202. The molecule has 0 aliphatic heterocycles. The van der Waals surface area contributed by atoms with Gasteiger partial charge in [0.1, 0.15) is 5.82 Å². The summed E-state index contributed by atoms with van der Waals surface area (Å²) in [5.74, 6) is 1.20. The number of aryl methyl sites for hydroxylation is 1. The Hall–Kier alpha value is -6.30. The summed E-state index contributed by atoms with van der Waals surface area (Å²) in [6.45, 7) is 2.56. The van der Waals surface area contributed by atoms with Crippen molar-refractivity contribution >= 4 is 0 Å². The number of benzene rings is 4. The summed E-state index contributed by atoms with van der Waals surface area (Å²) in [7, 11) is 0. The zero-order chi connectivity index (χ0) is 36.6. The van der Waals surface area contributed by atoms with E-state index >= 15 is 0 Å². The third-order valence-corrected chi connectivity index (χ3v) is 9.62. The number of para-hydroxylation sites is 1. The van der Waals surface area contributed by atoms with Gasteiger partial charge in [0.25, 0.3) is 0 Å². The van der Waals surface area contributed by atoms with Gasteiger partial charge in [-0.2, -0.15) is 4.68 Å². The van der Waals surface area contributed by atoms with Crippen LogP contribution in [0.3, 0.4) is 0 Å². The van der Waals surface area contributed by atoms with Crippen molar-refractivity contribution in [3.05, 3.63) is 152 Å². The fourth-order valence-electron chi connectivity index (χ4n) is 6.94. The second-order valence-electron chi connectivity index (χ2n) is 13.2. The number of H-pyrrole nitrogens is 2. The van der Waals surface area contributed by atoms with Crippen LogP contribution in [0.5, 0.6) is 0 Å². The van der Waals surface area contributed by atoms with Gasteiger partial charge in [-0.25, -0.2) is 14.4 Å². The van der Waals surface area contributed by atoms with E-state index in [2.05, 4.69) is 47.4 Å². The van der Waals surface area contributed by atoms with Gasteiger partial charge in [-0.3, -0.25) is 23.6 Å². The van der Waals surface area contributed by atoms with Crippen molar-refractivity contribution in [1.29, 1.82) is 0 Å². The van der Waals surface area contributed by atoms with Crippen molar-refractivity contribution < 1.29 is 9.05 Å². The second kappa shape index (κ2) is 16.4. The molecule has 0 bridgehead atoms. The van der Waals surface area contributed by atoms with E-state index < -0.39 is 11.5 Å². The lowest BCUT2D eigenvalue weighted by atomic mass is 9.82. The molecule has 1 aliphatic carbocycles. The summed E-state index contributed by atoms with van der Waals surface area (Å²) >= 11 is 0. The zero-order valence-electron chi connectivity index (χ0n) is 29.5. The molecule has 0 amide bonds. The largest absolute Gasteiger partial charge is 0.439 e. The van der Waals surface area contributed by atoms with Crippen LogP contribution in [0.4, 0.5) is 0 Å². The van der Waals surface area contributed by atoms with Gasteiger partial charge >= 0.3 is 17.2 Å². The van der Waals surface area contributed by atoms with Gasteiger partial charge in [0, 0.05) is 17.5 Å². The molecule has 4 aromatic carbocycles. The minimum atomic E-state index is -0.592. The Labute approximate surface area is 305 Å². The Morgan fingerprint density at radius 1 is 0.698 bits per heavy atom. The molecule has 3 aromatic heterocycles. The van der Waals surface area contributed by atoms with Crippen LogP contribution in [0, 0.1) is 0 Å². The second-order valence-corrected chi connectivity index (χ2v) is 13.2. The zero-order valence-corrected chi connectivity index (χ0v) is 29.5. The number of aromatic amines is 2. The Morgan fingerprint density at radius 3 is 1.94 bits per heavy atom. The van der Waals surface area contributed by atoms with E-state index in [1.54, 1.807) is 4.57 Å². The first kappa shape index (κ1) is 35.1. The number of aromatic nitrogens is 7. The van der Waals surface area contributed by atoms with E-state index in [4.69, 9.17) is 0 Å². The van der Waals surface area contributed by atoms with E-state index in [1.165, 1.54) is 42.3 Å². The highest BCUT2D eigenvalue weighted by atomic mass is 16.5. The number of hydrogen-bond donors (Lipinski definition) is 2. The molecule has 2 N–H and O–H groups in total. The van der Waals surface area contributed by atoms with Crippen molar-refractivity contribution in [1.82, 2.24) is 34.6 Å². The molecule has 0 saturated heterocycles. The predicted molar refractivity (Wildman–Crippen MR) is 202 cm³/mol. The fraction of sp³-hybridized carbons (Fsp3) is 0.268. The third-order valence-electron chi connectivity index (χ3n) is 9.62. The minimum absolute atomic E-state index is 0.147. The van der Waals surface area contributed by atoms with Crippen LogP contribution >= 0.6 is 0 Å². The molecule has 53 heavy (non-hydrogen) atoms. The first-order valence-electron chi connectivity index (χ1n) is 18.1. The van der Waals surface area contributed by atoms with E-state index in [0.717, 1.165) is 58.6 Å². The molecule has 12 nitrogen and oxygen atoms in total. The topological polar surface area (TPSA) is 158 Å². The van der Waals surface area contributed by atoms with Crippen molar-refractivity contribution in [2.45, 2.75) is 70.8 Å². The average Bonchev–Trinajstić information content (AvgIpc) is 3.93. The Kier molecular flexibility index (Phi) is 10.8. The van der Waals surface area contributed by atoms with Crippen molar-refractivity contribution in [2.75, 3.05) is 0 Å². The molecule has 0 atom stereocenters. The Morgan fingerprint density at radius 2 is 1.30 bits per heavy atom. The van der Waals surface area contributed by atoms with Gasteiger partial charge in [-0.15, -0.1) is 5.10 Å². The van der Waals surface area contributed by atoms with E-state index in [9.17, 15) is 14.4 Å². The maximum atomic E-state index is 13.3. The van der Waals surface area contributed by atoms with Crippen molar-refractivity contribution in [2.24, 2.45) is 0 Å². The summed E-state index contributed by atoms with van der Waals surface area (Å²) in [6, 6.07) is 33.3. The van der Waals surface area contributed by atoms with Crippen LogP contribution in [0.25, 0.3) is 39.6 Å². The van der Waals surface area contributed by atoms with E-state index in [-0.39, 0.29) is 5.69 Å². The summed E-state index contributed by atoms with van der Waals surface area (Å²) in [5.41, 5.74) is 6.53. The Bertz CT molecular complexity index is 2430. The average molecular weight is 712 g/mol. The molecule has 270 valence electrons. The fourth-order valence-corrected chi connectivity index (χ4v) is 6.94. The summed E-state index contributed by atoms with van der Waals surface area (Å²) < 4.78 is 12.5. The molecule has 1 aliphatic rings. The van der Waals surface area contributed by atoms with E-state index in [1.807, 2.05) is 97.1 Å². The minimum Gasteiger partial charge on any atom is -0.296 e. The maximum absolute atomic E-state index is 13.3. The highest BCUT2D eigenvalue weighted by molar-refractivity contribution is 5.80. The normalized spacial score (nSPS) is 13.1. The summed E-state index contributed by atoms with van der Waals surface area (Å²) in [6.07, 6.45) is 9.08. The molecule has 0 spiro atoms. The third kappa shape index (κ3) is 8.12. The van der Waals surface area contributed by atoms with Crippen LogP contribution in [0.1, 0.15) is 74.7 Å². The quantitative estimate of drug-likeness (QED) is 0.148. The first-order chi connectivity index (χ1) is 26.0. The summed E-state index contributed by atoms with van der Waals surface area (Å²) in [5, 5.41) is 12.3. The molecule has 0 radical (unpaired) electrons. The van der Waals surface area contributed by atoms with Crippen LogP contribution in [-0.4, -0.2) is 34.6 Å². The number of nitrogens with one attached hydrogen (secondary N) is 2. The molecule has 3 heterocycles. The van der Waals surface area contributed by atoms with Crippen LogP contribution in [0.15, 0.2) is 127 Å². The maximum Gasteiger partial charge on any atom is 0.439 e. The van der Waals surface area contributed by atoms with Crippen molar-refractivity contribution in [3.8, 4) is 39.6 Å². The SMILES string of the molecule is CCCCc1nn(-c2ccccc2)c(=O)n1Cc1ccc(-c2ccccc2-c2noc(=O)[nH]2)cc1.O=c1[nH]c(-c2ccccc2C2CCCCC2)no1. The van der Waals surface area contributed by atoms with Crippen LogP contribution in [0.2, 0.25) is 0 Å².